The third kappa shape index (κ3) is 6.74. The number of benzene rings is 2. The minimum atomic E-state index is -0.661. The van der Waals surface area contributed by atoms with Crippen LogP contribution in [0, 0.1) is 13.8 Å². The van der Waals surface area contributed by atoms with Crippen LogP contribution in [-0.4, -0.2) is 59.3 Å². The third-order valence-corrected chi connectivity index (χ3v) is 6.59. The van der Waals surface area contributed by atoms with Gasteiger partial charge in [0.05, 0.1) is 6.04 Å². The van der Waals surface area contributed by atoms with Crippen LogP contribution in [0.15, 0.2) is 73.1 Å². The molecule has 2 aromatic carbocycles. The van der Waals surface area contributed by atoms with E-state index in [4.69, 9.17) is 0 Å². The van der Waals surface area contributed by atoms with Crippen molar-refractivity contribution >= 4 is 17.5 Å². The van der Waals surface area contributed by atoms with E-state index in [-0.39, 0.29) is 6.04 Å². The predicted octanol–water partition coefficient (Wildman–Crippen LogP) is 3.31. The number of rotatable bonds is 7. The van der Waals surface area contributed by atoms with E-state index in [2.05, 4.69) is 49.7 Å². The molecule has 2 heterocycles. The number of pyridine rings is 1. The molecule has 0 radical (unpaired) electrons. The molecule has 1 aromatic heterocycles. The molecule has 2 amide bonds. The number of amides is 2. The van der Waals surface area contributed by atoms with Crippen LogP contribution >= 0.6 is 0 Å². The maximum Gasteiger partial charge on any atom is 0.313 e. The summed E-state index contributed by atoms with van der Waals surface area (Å²) < 4.78 is 0. The Morgan fingerprint density at radius 3 is 2.37 bits per heavy atom. The van der Waals surface area contributed by atoms with Crippen molar-refractivity contribution in [3.8, 4) is 0 Å². The van der Waals surface area contributed by atoms with Crippen molar-refractivity contribution in [3.63, 3.8) is 0 Å². The average molecular weight is 472 g/mol. The summed E-state index contributed by atoms with van der Waals surface area (Å²) in [6.07, 6.45) is 3.58. The fourth-order valence-corrected chi connectivity index (χ4v) is 4.38. The Morgan fingerprint density at radius 2 is 1.69 bits per heavy atom. The van der Waals surface area contributed by atoms with Gasteiger partial charge in [-0.1, -0.05) is 42.5 Å². The fourth-order valence-electron chi connectivity index (χ4n) is 4.38. The highest BCUT2D eigenvalue weighted by Gasteiger charge is 2.26. The van der Waals surface area contributed by atoms with Gasteiger partial charge in [0.1, 0.15) is 0 Å². The van der Waals surface area contributed by atoms with Gasteiger partial charge in [0.25, 0.3) is 0 Å². The predicted molar refractivity (Wildman–Crippen MR) is 138 cm³/mol. The van der Waals surface area contributed by atoms with Gasteiger partial charge in [-0.15, -0.1) is 0 Å². The van der Waals surface area contributed by atoms with Crippen LogP contribution in [0.1, 0.15) is 28.3 Å². The number of hydrogen-bond acceptors (Lipinski definition) is 5. The normalized spacial score (nSPS) is 15.4. The molecule has 182 valence electrons. The van der Waals surface area contributed by atoms with Crippen LogP contribution in [-0.2, 0) is 16.1 Å². The van der Waals surface area contributed by atoms with Gasteiger partial charge in [0.2, 0.25) is 0 Å². The van der Waals surface area contributed by atoms with E-state index in [1.165, 1.54) is 5.56 Å². The quantitative estimate of drug-likeness (QED) is 0.517. The summed E-state index contributed by atoms with van der Waals surface area (Å²) in [5, 5.41) is 5.54. The zero-order valence-electron chi connectivity index (χ0n) is 20.4. The summed E-state index contributed by atoms with van der Waals surface area (Å²) in [5.74, 6) is -1.30. The summed E-state index contributed by atoms with van der Waals surface area (Å²) in [5.41, 5.74) is 5.15. The monoisotopic (exact) mass is 471 g/mol. The van der Waals surface area contributed by atoms with Crippen molar-refractivity contribution in [3.05, 3.63) is 95.3 Å². The Morgan fingerprint density at radius 1 is 0.914 bits per heavy atom. The maximum atomic E-state index is 12.6. The number of carbonyl (C=O) groups is 2. The van der Waals surface area contributed by atoms with Crippen LogP contribution in [0.2, 0.25) is 0 Å². The molecule has 1 fully saturated rings. The molecular formula is C28H33N5O2. The molecule has 0 aliphatic carbocycles. The van der Waals surface area contributed by atoms with Crippen LogP contribution in [0.5, 0.6) is 0 Å². The van der Waals surface area contributed by atoms with Gasteiger partial charge < -0.3 is 10.6 Å². The Labute approximate surface area is 207 Å². The van der Waals surface area contributed by atoms with Crippen LogP contribution in [0.25, 0.3) is 0 Å². The number of carbonyl (C=O) groups excluding carboxylic acids is 2. The van der Waals surface area contributed by atoms with E-state index in [0.717, 1.165) is 49.4 Å². The van der Waals surface area contributed by atoms with E-state index in [1.807, 2.05) is 50.4 Å². The highest BCUT2D eigenvalue weighted by molar-refractivity contribution is 6.39. The van der Waals surface area contributed by atoms with Crippen molar-refractivity contribution in [2.24, 2.45) is 0 Å². The number of aryl methyl sites for hydroxylation is 2. The summed E-state index contributed by atoms with van der Waals surface area (Å²) in [6, 6.07) is 20.0. The van der Waals surface area contributed by atoms with E-state index in [9.17, 15) is 9.59 Å². The summed E-state index contributed by atoms with van der Waals surface area (Å²) >= 11 is 0. The van der Waals surface area contributed by atoms with Crippen LogP contribution in [0.3, 0.4) is 0 Å². The molecule has 7 heteroatoms. The summed E-state index contributed by atoms with van der Waals surface area (Å²) in [6.45, 7) is 8.87. The van der Waals surface area contributed by atoms with Gasteiger partial charge >= 0.3 is 11.8 Å². The lowest BCUT2D eigenvalue weighted by atomic mass is 10.1. The number of piperazine rings is 1. The average Bonchev–Trinajstić information content (AvgIpc) is 2.88. The molecule has 1 atom stereocenters. The Balaban J connectivity index is 1.35. The van der Waals surface area contributed by atoms with Gasteiger partial charge in [-0.2, -0.15) is 0 Å². The second kappa shape index (κ2) is 11.7. The summed E-state index contributed by atoms with van der Waals surface area (Å²) in [7, 11) is 0. The Hall–Kier alpha value is -3.55. The minimum Gasteiger partial charge on any atom is -0.346 e. The summed E-state index contributed by atoms with van der Waals surface area (Å²) in [4.78, 5) is 34.2. The third-order valence-electron chi connectivity index (χ3n) is 6.59. The number of nitrogens with zero attached hydrogens (tertiary/aromatic N) is 3. The van der Waals surface area contributed by atoms with Crippen molar-refractivity contribution in [1.29, 1.82) is 0 Å². The topological polar surface area (TPSA) is 77.6 Å². The first-order valence-corrected chi connectivity index (χ1v) is 12.1. The molecule has 1 aliphatic heterocycles. The van der Waals surface area contributed by atoms with Crippen molar-refractivity contribution < 1.29 is 9.59 Å². The van der Waals surface area contributed by atoms with E-state index < -0.39 is 11.8 Å². The molecule has 4 rings (SSSR count). The van der Waals surface area contributed by atoms with Crippen LogP contribution < -0.4 is 10.6 Å². The molecule has 35 heavy (non-hydrogen) atoms. The van der Waals surface area contributed by atoms with Crippen LogP contribution in [0.4, 0.5) is 5.69 Å². The van der Waals surface area contributed by atoms with Gasteiger partial charge in [0, 0.05) is 57.3 Å². The molecule has 0 spiro atoms. The molecule has 1 saturated heterocycles. The first kappa shape index (κ1) is 24.6. The maximum absolute atomic E-state index is 12.6. The van der Waals surface area contributed by atoms with E-state index in [0.29, 0.717) is 12.2 Å². The lowest BCUT2D eigenvalue weighted by Crippen LogP contribution is -2.50. The number of nitrogens with one attached hydrogen (secondary N) is 2. The molecule has 3 aromatic rings. The number of aromatic nitrogens is 1. The van der Waals surface area contributed by atoms with Crippen molar-refractivity contribution in [2.45, 2.75) is 26.4 Å². The minimum absolute atomic E-state index is 0.0547. The molecule has 0 saturated carbocycles. The first-order valence-electron chi connectivity index (χ1n) is 12.1. The number of anilines is 1. The second-order valence-electron chi connectivity index (χ2n) is 9.06. The molecule has 7 nitrogen and oxygen atoms in total. The standard InChI is InChI=1S/C28H33N5O2/c1-21-10-11-25(17-22(21)2)31-28(35)27(34)30-19-26(24-9-6-12-29-18-24)33-15-13-32(14-16-33)20-23-7-4-3-5-8-23/h3-12,17-18,26H,13-16,19-20H2,1-2H3,(H,30,34)(H,31,35)/t26-/m0/s1. The highest BCUT2D eigenvalue weighted by Crippen LogP contribution is 2.22. The van der Waals surface area contributed by atoms with E-state index in [1.54, 1.807) is 12.3 Å². The Kier molecular flexibility index (Phi) is 8.23. The largest absolute Gasteiger partial charge is 0.346 e. The molecule has 0 unspecified atom stereocenters. The Bertz CT molecular complexity index is 1130. The van der Waals surface area contributed by atoms with E-state index >= 15 is 0 Å². The number of hydrogen-bond donors (Lipinski definition) is 2. The lowest BCUT2D eigenvalue weighted by molar-refractivity contribution is -0.136. The van der Waals surface area contributed by atoms with Gasteiger partial charge in [0.15, 0.2) is 0 Å². The van der Waals surface area contributed by atoms with Gasteiger partial charge in [-0.3, -0.25) is 24.4 Å². The molecular weight excluding hydrogens is 438 g/mol. The molecule has 1 aliphatic rings. The zero-order valence-corrected chi connectivity index (χ0v) is 20.4. The fraction of sp³-hybridized carbons (Fsp3) is 0.321. The van der Waals surface area contributed by atoms with Crippen molar-refractivity contribution in [1.82, 2.24) is 20.1 Å². The van der Waals surface area contributed by atoms with Crippen molar-refractivity contribution in [2.75, 3.05) is 38.0 Å². The molecule has 0 bridgehead atoms. The van der Waals surface area contributed by atoms with Gasteiger partial charge in [-0.25, -0.2) is 0 Å². The first-order chi connectivity index (χ1) is 17.0. The molecule has 2 N–H and O–H groups in total. The lowest BCUT2D eigenvalue weighted by Gasteiger charge is -2.39. The van der Waals surface area contributed by atoms with Gasteiger partial charge in [-0.05, 0) is 54.3 Å². The SMILES string of the molecule is Cc1ccc(NC(=O)C(=O)NC[C@@H](c2cccnc2)N2CCN(Cc3ccccc3)CC2)cc1C. The smallest absolute Gasteiger partial charge is 0.313 e. The highest BCUT2D eigenvalue weighted by atomic mass is 16.2. The second-order valence-corrected chi connectivity index (χ2v) is 9.06. The zero-order chi connectivity index (χ0) is 24.6.